The summed E-state index contributed by atoms with van der Waals surface area (Å²) in [6.45, 7) is 4.55. The Balaban J connectivity index is 1.58. The predicted molar refractivity (Wildman–Crippen MR) is 109 cm³/mol. The first-order valence-corrected chi connectivity index (χ1v) is 9.93. The van der Waals surface area contributed by atoms with E-state index in [4.69, 9.17) is 4.42 Å². The van der Waals surface area contributed by atoms with Crippen molar-refractivity contribution in [1.82, 2.24) is 0 Å². The second-order valence-electron chi connectivity index (χ2n) is 8.10. The molecule has 2 aliphatic rings. The normalized spacial score (nSPS) is 19.2. The smallest absolute Gasteiger partial charge is 0.264 e. The summed E-state index contributed by atoms with van der Waals surface area (Å²) < 4.78 is 8.84. The fourth-order valence-electron chi connectivity index (χ4n) is 4.46. The van der Waals surface area contributed by atoms with E-state index in [0.717, 1.165) is 24.4 Å². The second-order valence-corrected chi connectivity index (χ2v) is 8.10. The third-order valence-electron chi connectivity index (χ3n) is 5.95. The lowest BCUT2D eigenvalue weighted by atomic mass is 9.91. The van der Waals surface area contributed by atoms with Crippen LogP contribution in [0.1, 0.15) is 49.1 Å². The Hall–Kier alpha value is -2.74. The Morgan fingerprint density at radius 2 is 1.59 bits per heavy atom. The highest BCUT2D eigenvalue weighted by Gasteiger charge is 2.59. The van der Waals surface area contributed by atoms with Crippen LogP contribution in [0.25, 0.3) is 11.3 Å². The number of fused-ring (bicyclic) bond motifs is 1. The van der Waals surface area contributed by atoms with Crippen molar-refractivity contribution >= 4 is 6.21 Å². The number of hydrogen-bond acceptors (Lipinski definition) is 0. The van der Waals surface area contributed by atoms with Crippen molar-refractivity contribution in [3.63, 3.8) is 0 Å². The second kappa shape index (κ2) is 6.16. The van der Waals surface area contributed by atoms with E-state index in [1.54, 1.807) is 0 Å². The van der Waals surface area contributed by atoms with Gasteiger partial charge in [-0.1, -0.05) is 72.4 Å². The van der Waals surface area contributed by atoms with E-state index in [9.17, 15) is 0 Å². The van der Waals surface area contributed by atoms with E-state index in [1.807, 2.05) is 0 Å². The molecule has 27 heavy (non-hydrogen) atoms. The lowest BCUT2D eigenvalue weighted by molar-refractivity contribution is -0.371. The third kappa shape index (κ3) is 2.71. The maximum absolute atomic E-state index is 6.47. The van der Waals surface area contributed by atoms with Gasteiger partial charge in [-0.2, -0.15) is 0 Å². The summed E-state index contributed by atoms with van der Waals surface area (Å²) in [5, 5.41) is 0. The fourth-order valence-corrected chi connectivity index (χ4v) is 4.46. The van der Waals surface area contributed by atoms with E-state index >= 15 is 0 Å². The van der Waals surface area contributed by atoms with Crippen molar-refractivity contribution in [2.75, 3.05) is 0 Å². The molecule has 2 heteroatoms. The van der Waals surface area contributed by atoms with E-state index < -0.39 is 0 Å². The zero-order chi connectivity index (χ0) is 18.4. The summed E-state index contributed by atoms with van der Waals surface area (Å²) >= 11 is 0. The molecular weight excluding hydrogens is 330 g/mol. The molecule has 0 atom stereocenters. The Labute approximate surface area is 161 Å². The van der Waals surface area contributed by atoms with Crippen LogP contribution in [0.5, 0.6) is 0 Å². The molecule has 0 bridgehead atoms. The van der Waals surface area contributed by atoms with Gasteiger partial charge in [0.25, 0.3) is 5.76 Å². The fraction of sp³-hybridized carbons (Fsp3) is 0.280. The first-order chi connectivity index (χ1) is 13.2. The molecule has 136 valence electrons. The zero-order valence-electron chi connectivity index (χ0n) is 16.0. The minimum Gasteiger partial charge on any atom is -0.339 e. The van der Waals surface area contributed by atoms with E-state index in [2.05, 4.69) is 85.3 Å². The van der Waals surface area contributed by atoms with Crippen LogP contribution in [0.4, 0.5) is 0 Å². The van der Waals surface area contributed by atoms with Crippen LogP contribution >= 0.6 is 0 Å². The van der Waals surface area contributed by atoms with Crippen LogP contribution in [0.2, 0.25) is 0 Å². The summed E-state index contributed by atoms with van der Waals surface area (Å²) in [6.07, 6.45) is 6.98. The number of rotatable bonds is 3. The van der Waals surface area contributed by atoms with Crippen molar-refractivity contribution in [3.8, 4) is 11.3 Å². The number of furan rings is 1. The average Bonchev–Trinajstić information content (AvgIpc) is 3.06. The molecular formula is C25H25NO. The molecule has 0 saturated carbocycles. The van der Waals surface area contributed by atoms with Crippen LogP contribution in [0.3, 0.4) is 0 Å². The van der Waals surface area contributed by atoms with Crippen LogP contribution in [-0.4, -0.2) is 16.3 Å². The van der Waals surface area contributed by atoms with Gasteiger partial charge < -0.3 is 4.42 Å². The lowest BCUT2D eigenvalue weighted by Gasteiger charge is -2.14. The van der Waals surface area contributed by atoms with Crippen LogP contribution in [-0.2, 0) is 12.8 Å². The zero-order valence-corrected chi connectivity index (χ0v) is 16.0. The molecule has 3 aromatic rings. The maximum Gasteiger partial charge on any atom is 0.264 e. The maximum atomic E-state index is 6.47. The van der Waals surface area contributed by atoms with Gasteiger partial charge in [-0.3, -0.25) is 4.58 Å². The number of hydrogen-bond donors (Lipinski definition) is 0. The summed E-state index contributed by atoms with van der Waals surface area (Å²) in [4.78, 5) is 0. The molecule has 0 amide bonds. The van der Waals surface area contributed by atoms with E-state index in [0.29, 0.717) is 0 Å². The molecule has 1 fully saturated rings. The Bertz CT molecular complexity index is 996. The highest BCUT2D eigenvalue weighted by Crippen LogP contribution is 2.47. The van der Waals surface area contributed by atoms with Gasteiger partial charge in [0.05, 0.1) is 0 Å². The minimum absolute atomic E-state index is 0.0442. The SMILES string of the molecule is CC1(C)[C-](c2ccccc2)[N+]1=C[c-]1[o+]c(-c2ccccc2)c2c1CCCC2. The summed E-state index contributed by atoms with van der Waals surface area (Å²) in [6, 6.07) is 22.6. The van der Waals surface area contributed by atoms with Gasteiger partial charge in [0.1, 0.15) is 6.21 Å². The largest absolute Gasteiger partial charge is 0.339 e. The van der Waals surface area contributed by atoms with Crippen LogP contribution in [0, 0.1) is 6.04 Å². The standard InChI is InChI=1S/C25H25NO/c1-25(2)24(19-13-7-4-8-14-19)26(25)17-22-20-15-9-10-16-21(20)23(27-22)18-11-5-3-6-12-18/h3-8,11-14,17H,9-10,15-16H2,1-2H3. The van der Waals surface area contributed by atoms with Gasteiger partial charge in [0.15, 0.2) is 11.6 Å². The van der Waals surface area contributed by atoms with Crippen molar-refractivity contribution < 1.29 is 8.99 Å². The number of nitrogens with zero attached hydrogens (tertiary/aromatic N) is 1. The molecule has 0 spiro atoms. The Morgan fingerprint density at radius 3 is 2.33 bits per heavy atom. The highest BCUT2D eigenvalue weighted by atomic mass is 16.3. The van der Waals surface area contributed by atoms with Gasteiger partial charge in [-0.25, -0.2) is 0 Å². The van der Waals surface area contributed by atoms with Crippen LogP contribution in [0.15, 0.2) is 65.1 Å². The molecule has 2 nitrogen and oxygen atoms in total. The van der Waals surface area contributed by atoms with Gasteiger partial charge in [-0.05, 0) is 6.42 Å². The molecule has 1 aromatic heterocycles. The van der Waals surface area contributed by atoms with Gasteiger partial charge in [-0.15, -0.1) is 24.3 Å². The molecule has 2 heterocycles. The molecule has 0 N–H and O–H groups in total. The molecule has 1 aliphatic carbocycles. The first-order valence-electron chi connectivity index (χ1n) is 9.93. The van der Waals surface area contributed by atoms with Crippen molar-refractivity contribution in [2.45, 2.75) is 45.1 Å². The molecule has 1 aliphatic heterocycles. The Morgan fingerprint density at radius 1 is 0.926 bits per heavy atom. The summed E-state index contributed by atoms with van der Waals surface area (Å²) in [5.41, 5.74) is 5.35. The average molecular weight is 355 g/mol. The van der Waals surface area contributed by atoms with Gasteiger partial charge >= 0.3 is 0 Å². The predicted octanol–water partition coefficient (Wildman–Crippen LogP) is 5.63. The number of benzene rings is 2. The molecule has 1 saturated heterocycles. The van der Waals surface area contributed by atoms with Crippen molar-refractivity contribution in [1.29, 1.82) is 0 Å². The third-order valence-corrected chi connectivity index (χ3v) is 5.95. The van der Waals surface area contributed by atoms with Gasteiger partial charge in [0, 0.05) is 19.4 Å². The topological polar surface area (TPSA) is 14.3 Å². The molecule has 0 radical (unpaired) electrons. The first kappa shape index (κ1) is 16.4. The monoisotopic (exact) mass is 355 g/mol. The Kier molecular flexibility index (Phi) is 3.75. The summed E-state index contributed by atoms with van der Waals surface area (Å²) in [7, 11) is 0. The summed E-state index contributed by atoms with van der Waals surface area (Å²) in [5.74, 6) is 2.11. The van der Waals surface area contributed by atoms with E-state index in [1.165, 1.54) is 41.1 Å². The molecule has 2 aromatic carbocycles. The lowest BCUT2D eigenvalue weighted by Crippen LogP contribution is -2.05. The highest BCUT2D eigenvalue weighted by molar-refractivity contribution is 5.80. The van der Waals surface area contributed by atoms with Crippen molar-refractivity contribution in [3.05, 3.63) is 89.2 Å². The van der Waals surface area contributed by atoms with Crippen LogP contribution < -0.4 is 0 Å². The molecule has 0 unspecified atom stereocenters. The molecule has 5 rings (SSSR count). The van der Waals surface area contributed by atoms with Gasteiger partial charge in [0.2, 0.25) is 5.76 Å². The van der Waals surface area contributed by atoms with Crippen molar-refractivity contribution in [2.24, 2.45) is 0 Å². The minimum atomic E-state index is 0.0442. The van der Waals surface area contributed by atoms with E-state index in [-0.39, 0.29) is 5.54 Å². The quantitative estimate of drug-likeness (QED) is 0.257.